The standard InChI is InChI=1S/C18H30N4O3S.ClH/c1-10(2)9-13(17-21-22-18(25-17)26-11(3)4)16(24)20-15(23)12-7-5-6-8-14(12)19;/h10-14H,5-9,19H2,1-4H3,(H,20,23,24);1H/t12-,13-,14+;/m1./s1. The van der Waals surface area contributed by atoms with Gasteiger partial charge in [0.15, 0.2) is 0 Å². The Kier molecular flexibility index (Phi) is 9.76. The molecule has 1 aromatic heterocycles. The van der Waals surface area contributed by atoms with Crippen LogP contribution in [0.3, 0.4) is 0 Å². The Hall–Kier alpha value is -1.12. The molecule has 1 aliphatic rings. The summed E-state index contributed by atoms with van der Waals surface area (Å²) in [6.07, 6.45) is 4.08. The van der Waals surface area contributed by atoms with Crippen LogP contribution in [0, 0.1) is 11.8 Å². The number of rotatable bonds is 7. The van der Waals surface area contributed by atoms with Crippen LogP contribution in [0.2, 0.25) is 0 Å². The fourth-order valence-electron chi connectivity index (χ4n) is 3.19. The van der Waals surface area contributed by atoms with Gasteiger partial charge in [0.1, 0.15) is 5.92 Å². The molecular weight excluding hydrogens is 388 g/mol. The van der Waals surface area contributed by atoms with Crippen LogP contribution in [0.25, 0.3) is 0 Å². The molecule has 1 aromatic rings. The lowest BCUT2D eigenvalue weighted by molar-refractivity contribution is -0.134. The quantitative estimate of drug-likeness (QED) is 0.653. The Balaban J connectivity index is 0.00000364. The second-order valence-corrected chi connectivity index (χ2v) is 9.19. The first-order valence-electron chi connectivity index (χ1n) is 9.38. The third kappa shape index (κ3) is 7.08. The number of halogens is 1. The minimum Gasteiger partial charge on any atom is -0.415 e. The predicted octanol–water partition coefficient (Wildman–Crippen LogP) is 3.28. The zero-order valence-corrected chi connectivity index (χ0v) is 18.1. The van der Waals surface area contributed by atoms with Gasteiger partial charge in [0.25, 0.3) is 5.22 Å². The fourth-order valence-corrected chi connectivity index (χ4v) is 3.81. The Morgan fingerprint density at radius 2 is 1.89 bits per heavy atom. The van der Waals surface area contributed by atoms with Gasteiger partial charge in [-0.1, -0.05) is 52.3 Å². The second kappa shape index (κ2) is 11.0. The number of aromatic nitrogens is 2. The molecule has 2 amide bonds. The van der Waals surface area contributed by atoms with Crippen molar-refractivity contribution < 1.29 is 14.0 Å². The van der Waals surface area contributed by atoms with Gasteiger partial charge >= 0.3 is 0 Å². The SMILES string of the molecule is CC(C)C[C@H](C(=O)NC(=O)[C@@H]1CCCC[C@@H]1N)c1nnc(SC(C)C)o1.Cl. The molecule has 0 aliphatic heterocycles. The van der Waals surface area contributed by atoms with E-state index in [9.17, 15) is 9.59 Å². The molecule has 1 aliphatic carbocycles. The minimum atomic E-state index is -0.632. The molecular formula is C18H31ClN4O3S. The summed E-state index contributed by atoms with van der Waals surface area (Å²) >= 11 is 1.45. The Morgan fingerprint density at radius 1 is 1.22 bits per heavy atom. The van der Waals surface area contributed by atoms with Gasteiger partial charge in [-0.3, -0.25) is 14.9 Å². The zero-order chi connectivity index (χ0) is 19.3. The normalized spacial score (nSPS) is 21.0. The molecule has 0 radical (unpaired) electrons. The molecule has 9 heteroatoms. The number of amides is 2. The number of carbonyl (C=O) groups excluding carboxylic acids is 2. The lowest BCUT2D eigenvalue weighted by Crippen LogP contribution is -2.46. The lowest BCUT2D eigenvalue weighted by Gasteiger charge is -2.27. The largest absolute Gasteiger partial charge is 0.415 e. The maximum atomic E-state index is 12.8. The molecule has 7 nitrogen and oxygen atoms in total. The molecule has 1 heterocycles. The summed E-state index contributed by atoms with van der Waals surface area (Å²) < 4.78 is 5.67. The predicted molar refractivity (Wildman–Crippen MR) is 108 cm³/mol. The third-order valence-electron chi connectivity index (χ3n) is 4.48. The average Bonchev–Trinajstić information content (AvgIpc) is 3.00. The number of hydrogen-bond donors (Lipinski definition) is 2. The van der Waals surface area contributed by atoms with Crippen molar-refractivity contribution in [3.63, 3.8) is 0 Å². The minimum absolute atomic E-state index is 0. The summed E-state index contributed by atoms with van der Waals surface area (Å²) in [4.78, 5) is 25.3. The first-order chi connectivity index (χ1) is 12.3. The van der Waals surface area contributed by atoms with E-state index in [4.69, 9.17) is 10.2 Å². The van der Waals surface area contributed by atoms with Gasteiger partial charge in [0, 0.05) is 11.3 Å². The molecule has 0 unspecified atom stereocenters. The zero-order valence-electron chi connectivity index (χ0n) is 16.4. The van der Waals surface area contributed by atoms with Gasteiger partial charge in [-0.25, -0.2) is 0 Å². The van der Waals surface area contributed by atoms with Crippen LogP contribution >= 0.6 is 24.2 Å². The van der Waals surface area contributed by atoms with Crippen LogP contribution in [0.15, 0.2) is 9.64 Å². The van der Waals surface area contributed by atoms with Gasteiger partial charge in [-0.05, 0) is 25.2 Å². The summed E-state index contributed by atoms with van der Waals surface area (Å²) in [6, 6.07) is -0.183. The van der Waals surface area contributed by atoms with Crippen LogP contribution in [-0.4, -0.2) is 33.3 Å². The van der Waals surface area contributed by atoms with E-state index in [0.29, 0.717) is 16.9 Å². The smallest absolute Gasteiger partial charge is 0.276 e. The Morgan fingerprint density at radius 3 is 2.48 bits per heavy atom. The van der Waals surface area contributed by atoms with Crippen molar-refractivity contribution in [1.82, 2.24) is 15.5 Å². The summed E-state index contributed by atoms with van der Waals surface area (Å²) in [5, 5.41) is 11.3. The number of imide groups is 1. The highest BCUT2D eigenvalue weighted by Gasteiger charge is 2.33. The number of nitrogens with one attached hydrogen (secondary N) is 1. The monoisotopic (exact) mass is 418 g/mol. The molecule has 0 saturated heterocycles. The molecule has 3 N–H and O–H groups in total. The van der Waals surface area contributed by atoms with Gasteiger partial charge in [-0.2, -0.15) is 0 Å². The molecule has 0 bridgehead atoms. The van der Waals surface area contributed by atoms with E-state index < -0.39 is 5.92 Å². The second-order valence-electron chi connectivity index (χ2n) is 7.66. The molecule has 0 spiro atoms. The van der Waals surface area contributed by atoms with E-state index in [1.165, 1.54) is 11.8 Å². The number of thioether (sulfide) groups is 1. The Labute approximate surface area is 171 Å². The van der Waals surface area contributed by atoms with Crippen molar-refractivity contribution in [3.05, 3.63) is 5.89 Å². The summed E-state index contributed by atoms with van der Waals surface area (Å²) in [5.74, 6) is -1.10. The third-order valence-corrected chi connectivity index (χ3v) is 5.32. The Bertz CT molecular complexity index is 624. The van der Waals surface area contributed by atoms with Crippen molar-refractivity contribution in [3.8, 4) is 0 Å². The van der Waals surface area contributed by atoms with Crippen molar-refractivity contribution in [2.45, 2.75) is 82.2 Å². The van der Waals surface area contributed by atoms with Crippen LogP contribution in [-0.2, 0) is 9.59 Å². The van der Waals surface area contributed by atoms with Gasteiger partial charge in [0.05, 0.1) is 5.92 Å². The van der Waals surface area contributed by atoms with E-state index >= 15 is 0 Å². The lowest BCUT2D eigenvalue weighted by atomic mass is 9.84. The summed E-state index contributed by atoms with van der Waals surface area (Å²) in [7, 11) is 0. The van der Waals surface area contributed by atoms with Crippen molar-refractivity contribution in [2.24, 2.45) is 17.6 Å². The van der Waals surface area contributed by atoms with Crippen molar-refractivity contribution >= 4 is 36.0 Å². The number of nitrogens with zero attached hydrogens (tertiary/aromatic N) is 2. The molecule has 2 rings (SSSR count). The van der Waals surface area contributed by atoms with E-state index in [0.717, 1.165) is 25.7 Å². The molecule has 1 saturated carbocycles. The van der Waals surface area contributed by atoms with E-state index in [-0.39, 0.29) is 48.0 Å². The topological polar surface area (TPSA) is 111 Å². The van der Waals surface area contributed by atoms with Gasteiger partial charge < -0.3 is 10.2 Å². The first-order valence-corrected chi connectivity index (χ1v) is 10.3. The van der Waals surface area contributed by atoms with Crippen molar-refractivity contribution in [1.29, 1.82) is 0 Å². The fraction of sp³-hybridized carbons (Fsp3) is 0.778. The first kappa shape index (κ1) is 23.9. The molecule has 154 valence electrons. The van der Waals surface area contributed by atoms with Crippen LogP contribution < -0.4 is 11.1 Å². The summed E-state index contributed by atoms with van der Waals surface area (Å²) in [6.45, 7) is 8.08. The van der Waals surface area contributed by atoms with Gasteiger partial charge in [-0.15, -0.1) is 22.6 Å². The molecule has 1 fully saturated rings. The number of hydrogen-bond acceptors (Lipinski definition) is 7. The maximum absolute atomic E-state index is 12.8. The van der Waals surface area contributed by atoms with Crippen LogP contribution in [0.5, 0.6) is 0 Å². The van der Waals surface area contributed by atoms with Crippen LogP contribution in [0.1, 0.15) is 71.6 Å². The highest BCUT2D eigenvalue weighted by Crippen LogP contribution is 2.28. The molecule has 0 aromatic carbocycles. The highest BCUT2D eigenvalue weighted by molar-refractivity contribution is 7.99. The van der Waals surface area contributed by atoms with E-state index in [2.05, 4.69) is 15.5 Å². The molecule has 27 heavy (non-hydrogen) atoms. The van der Waals surface area contributed by atoms with Gasteiger partial charge in [0.2, 0.25) is 17.7 Å². The van der Waals surface area contributed by atoms with E-state index in [1.807, 2.05) is 27.7 Å². The highest BCUT2D eigenvalue weighted by atomic mass is 35.5. The number of carbonyl (C=O) groups is 2. The maximum Gasteiger partial charge on any atom is 0.276 e. The molecule has 3 atom stereocenters. The van der Waals surface area contributed by atoms with E-state index in [1.54, 1.807) is 0 Å². The number of nitrogens with two attached hydrogens (primary N) is 1. The van der Waals surface area contributed by atoms with Crippen molar-refractivity contribution in [2.75, 3.05) is 0 Å². The average molecular weight is 419 g/mol. The van der Waals surface area contributed by atoms with Crippen LogP contribution in [0.4, 0.5) is 0 Å². The summed E-state index contributed by atoms with van der Waals surface area (Å²) in [5.41, 5.74) is 6.06.